The largest absolute Gasteiger partial charge is 0.362 e. The first-order valence-corrected chi connectivity index (χ1v) is 4.60. The van der Waals surface area contributed by atoms with Gasteiger partial charge in [-0.3, -0.25) is 0 Å². The van der Waals surface area contributed by atoms with Gasteiger partial charge in [0.25, 0.3) is 0 Å². The summed E-state index contributed by atoms with van der Waals surface area (Å²) in [4.78, 5) is 0. The van der Waals surface area contributed by atoms with E-state index < -0.39 is 0 Å². The van der Waals surface area contributed by atoms with Gasteiger partial charge in [-0.2, -0.15) is 0 Å². The number of rotatable bonds is 3. The molecule has 0 N–H and O–H groups in total. The number of hydrogen-bond acceptors (Lipinski definition) is 1. The van der Waals surface area contributed by atoms with E-state index in [9.17, 15) is 0 Å². The van der Waals surface area contributed by atoms with Crippen molar-refractivity contribution in [3.63, 3.8) is 0 Å². The summed E-state index contributed by atoms with van der Waals surface area (Å²) in [6, 6.07) is 10.4. The van der Waals surface area contributed by atoms with Crippen LogP contribution in [0, 0.1) is 0 Å². The molecule has 1 fully saturated rings. The maximum atomic E-state index is 5.54. The maximum absolute atomic E-state index is 5.54. The Balaban J connectivity index is 1.99. The number of ether oxygens (including phenoxy) is 1. The standard InChI is InChI=1S/C12H14O/c1-3-12(2)11(13-12)9-10-7-5-4-6-8-10/h3-8,11H,1,9H2,2H3/t11-,12-/m1/s1. The van der Waals surface area contributed by atoms with Crippen molar-refractivity contribution in [1.29, 1.82) is 0 Å². The van der Waals surface area contributed by atoms with Gasteiger partial charge in [-0.15, -0.1) is 6.58 Å². The van der Waals surface area contributed by atoms with E-state index in [1.165, 1.54) is 5.56 Å². The summed E-state index contributed by atoms with van der Waals surface area (Å²) in [7, 11) is 0. The van der Waals surface area contributed by atoms with Crippen LogP contribution in [0.15, 0.2) is 43.0 Å². The maximum Gasteiger partial charge on any atom is 0.110 e. The third-order valence-electron chi connectivity index (χ3n) is 2.65. The second-order valence-electron chi connectivity index (χ2n) is 3.68. The van der Waals surface area contributed by atoms with Crippen molar-refractivity contribution >= 4 is 0 Å². The molecule has 2 rings (SSSR count). The smallest absolute Gasteiger partial charge is 0.110 e. The molecule has 0 aromatic heterocycles. The van der Waals surface area contributed by atoms with Crippen molar-refractivity contribution < 1.29 is 4.74 Å². The van der Waals surface area contributed by atoms with Crippen LogP contribution in [-0.2, 0) is 11.2 Å². The molecule has 1 aliphatic heterocycles. The van der Waals surface area contributed by atoms with E-state index in [0.29, 0.717) is 6.10 Å². The van der Waals surface area contributed by atoms with Crippen molar-refractivity contribution in [2.24, 2.45) is 0 Å². The average Bonchev–Trinajstić information content (AvgIpc) is 2.80. The molecule has 0 spiro atoms. The van der Waals surface area contributed by atoms with E-state index in [0.717, 1.165) is 6.42 Å². The topological polar surface area (TPSA) is 12.5 Å². The van der Waals surface area contributed by atoms with Crippen LogP contribution >= 0.6 is 0 Å². The minimum absolute atomic E-state index is 0.0736. The van der Waals surface area contributed by atoms with Crippen molar-refractivity contribution in [3.8, 4) is 0 Å². The fraction of sp³-hybridized carbons (Fsp3) is 0.333. The Morgan fingerprint density at radius 3 is 2.69 bits per heavy atom. The van der Waals surface area contributed by atoms with Gasteiger partial charge in [0, 0.05) is 6.42 Å². The normalized spacial score (nSPS) is 31.3. The van der Waals surface area contributed by atoms with Crippen molar-refractivity contribution in [2.75, 3.05) is 0 Å². The molecule has 1 aromatic rings. The summed E-state index contributed by atoms with van der Waals surface area (Å²) in [6.45, 7) is 5.84. The highest BCUT2D eigenvalue weighted by Gasteiger charge is 2.49. The highest BCUT2D eigenvalue weighted by Crippen LogP contribution is 2.39. The Kier molecular flexibility index (Phi) is 1.97. The minimum Gasteiger partial charge on any atom is -0.362 e. The summed E-state index contributed by atoms with van der Waals surface area (Å²) >= 11 is 0. The molecule has 0 unspecified atom stereocenters. The Labute approximate surface area is 79.0 Å². The van der Waals surface area contributed by atoms with Crippen LogP contribution in [0.4, 0.5) is 0 Å². The van der Waals surface area contributed by atoms with E-state index in [4.69, 9.17) is 4.74 Å². The minimum atomic E-state index is -0.0736. The molecule has 13 heavy (non-hydrogen) atoms. The molecule has 0 saturated carbocycles. The first kappa shape index (κ1) is 8.52. The molecular weight excluding hydrogens is 160 g/mol. The summed E-state index contributed by atoms with van der Waals surface area (Å²) in [5.41, 5.74) is 1.26. The SMILES string of the molecule is C=C[C@@]1(C)O[C@@H]1Cc1ccccc1. The lowest BCUT2D eigenvalue weighted by molar-refractivity contribution is 0.342. The molecule has 0 radical (unpaired) electrons. The molecule has 1 heteroatoms. The molecule has 0 aliphatic carbocycles. The van der Waals surface area contributed by atoms with Crippen molar-refractivity contribution in [3.05, 3.63) is 48.6 Å². The zero-order chi connectivity index (χ0) is 9.31. The predicted octanol–water partition coefficient (Wildman–Crippen LogP) is 2.57. The Morgan fingerprint density at radius 1 is 1.46 bits per heavy atom. The molecule has 1 heterocycles. The fourth-order valence-corrected chi connectivity index (χ4v) is 1.52. The second-order valence-corrected chi connectivity index (χ2v) is 3.68. The molecule has 0 amide bonds. The first-order chi connectivity index (χ1) is 6.24. The number of epoxide rings is 1. The van der Waals surface area contributed by atoms with Crippen LogP contribution in [0.3, 0.4) is 0 Å². The summed E-state index contributed by atoms with van der Waals surface area (Å²) in [6.07, 6.45) is 3.21. The third kappa shape index (κ3) is 1.65. The third-order valence-corrected chi connectivity index (χ3v) is 2.65. The van der Waals surface area contributed by atoms with Gasteiger partial charge in [0.15, 0.2) is 0 Å². The monoisotopic (exact) mass is 174 g/mol. The molecule has 1 aliphatic rings. The van der Waals surface area contributed by atoms with Gasteiger partial charge in [-0.1, -0.05) is 36.4 Å². The highest BCUT2D eigenvalue weighted by atomic mass is 16.6. The van der Waals surface area contributed by atoms with Gasteiger partial charge >= 0.3 is 0 Å². The van der Waals surface area contributed by atoms with Crippen LogP contribution in [0.2, 0.25) is 0 Å². The molecular formula is C12H14O. The van der Waals surface area contributed by atoms with Crippen LogP contribution in [0.1, 0.15) is 12.5 Å². The fourth-order valence-electron chi connectivity index (χ4n) is 1.52. The van der Waals surface area contributed by atoms with E-state index in [1.807, 2.05) is 12.1 Å². The molecule has 1 saturated heterocycles. The van der Waals surface area contributed by atoms with Gasteiger partial charge < -0.3 is 4.74 Å². The number of hydrogen-bond donors (Lipinski definition) is 0. The van der Waals surface area contributed by atoms with Gasteiger partial charge in [-0.25, -0.2) is 0 Å². The van der Waals surface area contributed by atoms with Gasteiger partial charge in [0.05, 0.1) is 6.10 Å². The van der Waals surface area contributed by atoms with Crippen LogP contribution in [0.25, 0.3) is 0 Å². The molecule has 1 nitrogen and oxygen atoms in total. The summed E-state index contributed by atoms with van der Waals surface area (Å²) in [5.74, 6) is 0. The summed E-state index contributed by atoms with van der Waals surface area (Å²) in [5, 5.41) is 0. The van der Waals surface area contributed by atoms with E-state index >= 15 is 0 Å². The van der Waals surface area contributed by atoms with E-state index in [2.05, 4.69) is 37.8 Å². The Hall–Kier alpha value is -1.08. The highest BCUT2D eigenvalue weighted by molar-refractivity contribution is 5.21. The van der Waals surface area contributed by atoms with E-state index in [1.54, 1.807) is 0 Å². The molecule has 68 valence electrons. The lowest BCUT2D eigenvalue weighted by Crippen LogP contribution is -2.07. The zero-order valence-corrected chi connectivity index (χ0v) is 7.86. The van der Waals surface area contributed by atoms with Crippen LogP contribution in [-0.4, -0.2) is 11.7 Å². The van der Waals surface area contributed by atoms with Crippen LogP contribution in [0.5, 0.6) is 0 Å². The second kappa shape index (κ2) is 3.00. The Bertz CT molecular complexity index is 304. The molecule has 1 aromatic carbocycles. The van der Waals surface area contributed by atoms with Gasteiger partial charge in [-0.05, 0) is 12.5 Å². The lowest BCUT2D eigenvalue weighted by atomic mass is 10.0. The summed E-state index contributed by atoms with van der Waals surface area (Å²) < 4.78 is 5.54. The molecule has 0 bridgehead atoms. The number of benzene rings is 1. The van der Waals surface area contributed by atoms with Gasteiger partial charge in [0.1, 0.15) is 5.60 Å². The molecule has 2 atom stereocenters. The lowest BCUT2D eigenvalue weighted by Gasteiger charge is -1.98. The quantitative estimate of drug-likeness (QED) is 0.507. The van der Waals surface area contributed by atoms with Crippen LogP contribution < -0.4 is 0 Å². The zero-order valence-electron chi connectivity index (χ0n) is 7.86. The Morgan fingerprint density at radius 2 is 2.15 bits per heavy atom. The van der Waals surface area contributed by atoms with E-state index in [-0.39, 0.29) is 5.60 Å². The first-order valence-electron chi connectivity index (χ1n) is 4.60. The van der Waals surface area contributed by atoms with Crippen molar-refractivity contribution in [1.82, 2.24) is 0 Å². The van der Waals surface area contributed by atoms with Crippen molar-refractivity contribution in [2.45, 2.75) is 25.0 Å². The van der Waals surface area contributed by atoms with Gasteiger partial charge in [0.2, 0.25) is 0 Å². The average molecular weight is 174 g/mol. The predicted molar refractivity (Wildman–Crippen MR) is 53.6 cm³/mol.